The first-order chi connectivity index (χ1) is 11.7. The number of hydrogen-bond donors (Lipinski definition) is 1. The predicted octanol–water partition coefficient (Wildman–Crippen LogP) is 3.08. The second-order valence-electron chi connectivity index (χ2n) is 4.92. The molecule has 0 unspecified atom stereocenters. The molecule has 2 aromatic carbocycles. The molecule has 0 aromatic heterocycles. The van der Waals surface area contributed by atoms with Gasteiger partial charge < -0.3 is 19.3 Å². The molecule has 0 saturated carbocycles. The molecule has 0 heterocycles. The molecule has 0 radical (unpaired) electrons. The third-order valence-corrected chi connectivity index (χ3v) is 3.14. The number of carbonyl (C=O) groups is 1. The van der Waals surface area contributed by atoms with Crippen molar-refractivity contribution in [2.24, 2.45) is 0 Å². The second kappa shape index (κ2) is 9.37. The molecular weight excluding hydrogens is 308 g/mol. The Bertz CT molecular complexity index is 659. The van der Waals surface area contributed by atoms with Crippen molar-refractivity contribution in [2.45, 2.75) is 6.42 Å². The van der Waals surface area contributed by atoms with Gasteiger partial charge in [-0.1, -0.05) is 12.1 Å². The van der Waals surface area contributed by atoms with Gasteiger partial charge in [0.1, 0.15) is 17.2 Å². The molecule has 1 N–H and O–H groups in total. The molecule has 24 heavy (non-hydrogen) atoms. The summed E-state index contributed by atoms with van der Waals surface area (Å²) < 4.78 is 15.7. The monoisotopic (exact) mass is 328 g/mol. The Morgan fingerprint density at radius 3 is 2.25 bits per heavy atom. The van der Waals surface area contributed by atoms with E-state index in [0.29, 0.717) is 24.5 Å². The van der Waals surface area contributed by atoms with Crippen molar-refractivity contribution in [1.29, 1.82) is 0 Å². The van der Waals surface area contributed by atoms with E-state index in [2.05, 4.69) is 0 Å². The molecule has 0 aliphatic rings. The largest absolute Gasteiger partial charge is 0.497 e. The number of esters is 1. The van der Waals surface area contributed by atoms with E-state index in [1.807, 2.05) is 24.3 Å². The van der Waals surface area contributed by atoms with Gasteiger partial charge in [0, 0.05) is 19.1 Å². The summed E-state index contributed by atoms with van der Waals surface area (Å²) in [5.41, 5.74) is 0.875. The molecule has 0 spiro atoms. The lowest BCUT2D eigenvalue weighted by Crippen LogP contribution is -2.04. The van der Waals surface area contributed by atoms with Gasteiger partial charge in [-0.25, -0.2) is 4.79 Å². The van der Waals surface area contributed by atoms with E-state index < -0.39 is 5.97 Å². The summed E-state index contributed by atoms with van der Waals surface area (Å²) in [6.07, 6.45) is 3.62. The maximum Gasteiger partial charge on any atom is 0.336 e. The van der Waals surface area contributed by atoms with Crippen LogP contribution in [0.1, 0.15) is 12.0 Å². The van der Waals surface area contributed by atoms with Gasteiger partial charge in [-0.2, -0.15) is 0 Å². The Morgan fingerprint density at radius 2 is 1.62 bits per heavy atom. The second-order valence-corrected chi connectivity index (χ2v) is 4.92. The number of aliphatic hydroxyl groups excluding tert-OH is 1. The summed E-state index contributed by atoms with van der Waals surface area (Å²) in [7, 11) is 1.60. The SMILES string of the molecule is COc1ccc(C=CC(=O)Oc2ccc(OCCCO)cc2)cc1. The maximum absolute atomic E-state index is 11.8. The average Bonchev–Trinajstić information content (AvgIpc) is 2.62. The molecule has 0 aliphatic carbocycles. The van der Waals surface area contributed by atoms with Crippen LogP contribution in [-0.2, 0) is 4.79 Å². The first-order valence-electron chi connectivity index (χ1n) is 7.59. The minimum Gasteiger partial charge on any atom is -0.497 e. The highest BCUT2D eigenvalue weighted by atomic mass is 16.5. The number of carbonyl (C=O) groups excluding carboxylic acids is 1. The molecular formula is C19H20O5. The predicted molar refractivity (Wildman–Crippen MR) is 91.3 cm³/mol. The Hall–Kier alpha value is -2.79. The van der Waals surface area contributed by atoms with Gasteiger partial charge in [-0.05, 0) is 48.0 Å². The summed E-state index contributed by atoms with van der Waals surface area (Å²) in [4.78, 5) is 11.8. The number of rotatable bonds is 8. The number of hydrogen-bond acceptors (Lipinski definition) is 5. The molecule has 2 rings (SSSR count). The van der Waals surface area contributed by atoms with Crippen LogP contribution in [0, 0.1) is 0 Å². The van der Waals surface area contributed by atoms with E-state index in [0.717, 1.165) is 11.3 Å². The van der Waals surface area contributed by atoms with Crippen LogP contribution in [0.5, 0.6) is 17.2 Å². The van der Waals surface area contributed by atoms with Crippen molar-refractivity contribution in [1.82, 2.24) is 0 Å². The molecule has 126 valence electrons. The summed E-state index contributed by atoms with van der Waals surface area (Å²) in [5.74, 6) is 1.40. The molecule has 0 atom stereocenters. The standard InChI is InChI=1S/C19H20O5/c1-22-16-6-3-15(4-7-16)5-12-19(21)24-18-10-8-17(9-11-18)23-14-2-13-20/h3-12,20H,2,13-14H2,1H3. The summed E-state index contributed by atoms with van der Waals surface area (Å²) in [5, 5.41) is 8.70. The fourth-order valence-electron chi connectivity index (χ4n) is 1.89. The summed E-state index contributed by atoms with van der Waals surface area (Å²) >= 11 is 0. The van der Waals surface area contributed by atoms with Gasteiger partial charge in [-0.3, -0.25) is 0 Å². The third-order valence-electron chi connectivity index (χ3n) is 3.14. The molecule has 0 amide bonds. The number of benzene rings is 2. The van der Waals surface area contributed by atoms with E-state index >= 15 is 0 Å². The van der Waals surface area contributed by atoms with E-state index in [1.54, 1.807) is 37.5 Å². The Labute approximate surface area is 141 Å². The van der Waals surface area contributed by atoms with Crippen molar-refractivity contribution in [3.8, 4) is 17.2 Å². The zero-order chi connectivity index (χ0) is 17.2. The van der Waals surface area contributed by atoms with E-state index in [1.165, 1.54) is 6.08 Å². The lowest BCUT2D eigenvalue weighted by Gasteiger charge is -2.06. The van der Waals surface area contributed by atoms with Crippen molar-refractivity contribution >= 4 is 12.0 Å². The van der Waals surface area contributed by atoms with Crippen molar-refractivity contribution in [3.05, 3.63) is 60.2 Å². The van der Waals surface area contributed by atoms with Crippen LogP contribution in [0.15, 0.2) is 54.6 Å². The summed E-state index contributed by atoms with van der Waals surface area (Å²) in [6.45, 7) is 0.538. The Balaban J connectivity index is 1.85. The molecule has 0 aliphatic heterocycles. The van der Waals surface area contributed by atoms with Crippen molar-refractivity contribution < 1.29 is 24.1 Å². The zero-order valence-corrected chi connectivity index (χ0v) is 13.5. The van der Waals surface area contributed by atoms with Gasteiger partial charge in [0.25, 0.3) is 0 Å². The molecule has 2 aromatic rings. The average molecular weight is 328 g/mol. The lowest BCUT2D eigenvalue weighted by atomic mass is 10.2. The highest BCUT2D eigenvalue weighted by Crippen LogP contribution is 2.18. The van der Waals surface area contributed by atoms with Gasteiger partial charge >= 0.3 is 5.97 Å². The van der Waals surface area contributed by atoms with Gasteiger partial charge in [0.2, 0.25) is 0 Å². The van der Waals surface area contributed by atoms with Crippen LogP contribution >= 0.6 is 0 Å². The highest BCUT2D eigenvalue weighted by molar-refractivity contribution is 5.88. The third kappa shape index (κ3) is 5.78. The zero-order valence-electron chi connectivity index (χ0n) is 13.5. The van der Waals surface area contributed by atoms with Crippen LogP contribution in [-0.4, -0.2) is 31.4 Å². The number of aliphatic hydroxyl groups is 1. The van der Waals surface area contributed by atoms with Crippen LogP contribution in [0.25, 0.3) is 6.08 Å². The highest BCUT2D eigenvalue weighted by Gasteiger charge is 2.01. The minimum absolute atomic E-state index is 0.0935. The normalized spacial score (nSPS) is 10.6. The quantitative estimate of drug-likeness (QED) is 0.349. The maximum atomic E-state index is 11.8. The molecule has 0 saturated heterocycles. The van der Waals surface area contributed by atoms with Crippen LogP contribution in [0.3, 0.4) is 0 Å². The lowest BCUT2D eigenvalue weighted by molar-refractivity contribution is -0.128. The van der Waals surface area contributed by atoms with E-state index in [4.69, 9.17) is 19.3 Å². The van der Waals surface area contributed by atoms with Crippen molar-refractivity contribution in [3.63, 3.8) is 0 Å². The van der Waals surface area contributed by atoms with Crippen LogP contribution < -0.4 is 14.2 Å². The number of ether oxygens (including phenoxy) is 3. The first-order valence-corrected chi connectivity index (χ1v) is 7.59. The molecule has 0 bridgehead atoms. The van der Waals surface area contributed by atoms with E-state index in [9.17, 15) is 4.79 Å². The Morgan fingerprint density at radius 1 is 1.00 bits per heavy atom. The molecule has 0 fully saturated rings. The van der Waals surface area contributed by atoms with Crippen LogP contribution in [0.4, 0.5) is 0 Å². The minimum atomic E-state index is -0.459. The fourth-order valence-corrected chi connectivity index (χ4v) is 1.89. The van der Waals surface area contributed by atoms with Crippen molar-refractivity contribution in [2.75, 3.05) is 20.3 Å². The van der Waals surface area contributed by atoms with Gasteiger partial charge in [0.15, 0.2) is 0 Å². The van der Waals surface area contributed by atoms with Crippen LogP contribution in [0.2, 0.25) is 0 Å². The number of methoxy groups -OCH3 is 1. The topological polar surface area (TPSA) is 65.0 Å². The van der Waals surface area contributed by atoms with Gasteiger partial charge in [-0.15, -0.1) is 0 Å². The van der Waals surface area contributed by atoms with E-state index in [-0.39, 0.29) is 6.61 Å². The summed E-state index contributed by atoms with van der Waals surface area (Å²) in [6, 6.07) is 14.1. The van der Waals surface area contributed by atoms with Gasteiger partial charge in [0.05, 0.1) is 13.7 Å². The molecule has 5 heteroatoms. The first kappa shape index (κ1) is 17.6. The fraction of sp³-hybridized carbons (Fsp3) is 0.211. The Kier molecular flexibility index (Phi) is 6.86. The molecule has 5 nitrogen and oxygen atoms in total. The smallest absolute Gasteiger partial charge is 0.336 e.